The van der Waals surface area contributed by atoms with E-state index in [1.165, 1.54) is 7.05 Å². The van der Waals surface area contributed by atoms with Crippen molar-refractivity contribution >= 4 is 29.0 Å². The zero-order valence-corrected chi connectivity index (χ0v) is 15.5. The maximum absolute atomic E-state index is 12.2. The van der Waals surface area contributed by atoms with Gasteiger partial charge in [0.05, 0.1) is 5.69 Å². The summed E-state index contributed by atoms with van der Waals surface area (Å²) in [6, 6.07) is 9.08. The lowest BCUT2D eigenvalue weighted by Crippen LogP contribution is -2.50. The molecule has 2 heterocycles. The van der Waals surface area contributed by atoms with Crippen LogP contribution < -0.4 is 26.0 Å². The molecular formula is C19H22N6O3. The average Bonchev–Trinajstić information content (AvgIpc) is 3.50. The highest BCUT2D eigenvalue weighted by atomic mass is 16.5. The van der Waals surface area contributed by atoms with Crippen molar-refractivity contribution in [2.45, 2.75) is 18.9 Å². The van der Waals surface area contributed by atoms with Crippen molar-refractivity contribution in [3.63, 3.8) is 0 Å². The number of aromatic nitrogens is 2. The van der Waals surface area contributed by atoms with Crippen LogP contribution in [0.1, 0.15) is 23.3 Å². The Bertz CT molecular complexity index is 895. The number of rotatable bonds is 7. The summed E-state index contributed by atoms with van der Waals surface area (Å²) >= 11 is 0. The van der Waals surface area contributed by atoms with E-state index in [1.54, 1.807) is 6.07 Å². The second kappa shape index (κ2) is 7.81. The van der Waals surface area contributed by atoms with Gasteiger partial charge >= 0.3 is 0 Å². The van der Waals surface area contributed by atoms with Crippen molar-refractivity contribution in [2.24, 2.45) is 5.92 Å². The summed E-state index contributed by atoms with van der Waals surface area (Å²) in [5.74, 6) is 0.648. The minimum absolute atomic E-state index is 0.0478. The molecule has 1 aromatic heterocycles. The third kappa shape index (κ3) is 4.20. The minimum atomic E-state index is -0.372. The van der Waals surface area contributed by atoms with Gasteiger partial charge in [-0.3, -0.25) is 9.59 Å². The molecule has 0 radical (unpaired) electrons. The van der Waals surface area contributed by atoms with Gasteiger partial charge in [0, 0.05) is 43.9 Å². The zero-order valence-electron chi connectivity index (χ0n) is 15.5. The van der Waals surface area contributed by atoms with E-state index in [-0.39, 0.29) is 29.5 Å². The van der Waals surface area contributed by atoms with Crippen LogP contribution in [0.15, 0.2) is 30.3 Å². The maximum Gasteiger partial charge on any atom is 0.273 e. The van der Waals surface area contributed by atoms with Gasteiger partial charge in [0.15, 0.2) is 11.5 Å². The fourth-order valence-electron chi connectivity index (χ4n) is 2.75. The normalized spacial score (nSPS) is 16.0. The molecule has 9 heteroatoms. The Morgan fingerprint density at radius 2 is 2.00 bits per heavy atom. The minimum Gasteiger partial charge on any atom is -0.488 e. The predicted octanol–water partition coefficient (Wildman–Crippen LogP) is 1.28. The molecule has 4 N–H and O–H groups in total. The summed E-state index contributed by atoms with van der Waals surface area (Å²) in [6.07, 6.45) is 1.96. The molecule has 1 aromatic carbocycles. The lowest BCUT2D eigenvalue weighted by atomic mass is 10.2. The predicted molar refractivity (Wildman–Crippen MR) is 104 cm³/mol. The summed E-state index contributed by atoms with van der Waals surface area (Å²) in [5, 5.41) is 19.6. The first kappa shape index (κ1) is 18.2. The Balaban J connectivity index is 1.56. The van der Waals surface area contributed by atoms with E-state index in [0.717, 1.165) is 37.4 Å². The lowest BCUT2D eigenvalue weighted by molar-refractivity contribution is -0.117. The number of anilines is 3. The highest BCUT2D eigenvalue weighted by Gasteiger charge is 2.30. The SMILES string of the molecule is CNC(=O)c1nnc(NC(=O)C2CC2)cc1Nc1cccc(OC2CNC2)c1. The van der Waals surface area contributed by atoms with Crippen LogP contribution in [0, 0.1) is 5.92 Å². The number of hydrogen-bond donors (Lipinski definition) is 4. The highest BCUT2D eigenvalue weighted by Crippen LogP contribution is 2.30. The Hall–Kier alpha value is -3.20. The van der Waals surface area contributed by atoms with Crippen LogP contribution in [0.2, 0.25) is 0 Å². The number of nitrogens with one attached hydrogen (secondary N) is 4. The van der Waals surface area contributed by atoms with Gasteiger partial charge in [0.25, 0.3) is 5.91 Å². The molecule has 0 unspecified atom stereocenters. The van der Waals surface area contributed by atoms with E-state index in [2.05, 4.69) is 31.5 Å². The van der Waals surface area contributed by atoms with Gasteiger partial charge in [-0.2, -0.15) is 0 Å². The molecule has 1 aliphatic carbocycles. The molecule has 1 saturated carbocycles. The van der Waals surface area contributed by atoms with Crippen molar-refractivity contribution in [2.75, 3.05) is 30.8 Å². The van der Waals surface area contributed by atoms with Crippen LogP contribution in [0.4, 0.5) is 17.2 Å². The number of benzene rings is 1. The summed E-state index contributed by atoms with van der Waals surface area (Å²) in [6.45, 7) is 1.66. The first-order valence-electron chi connectivity index (χ1n) is 9.27. The second-order valence-electron chi connectivity index (χ2n) is 6.89. The molecule has 1 saturated heterocycles. The lowest BCUT2D eigenvalue weighted by Gasteiger charge is -2.28. The molecule has 2 fully saturated rings. The molecule has 0 bridgehead atoms. The van der Waals surface area contributed by atoms with Crippen molar-refractivity contribution in [3.05, 3.63) is 36.0 Å². The number of hydrogen-bond acceptors (Lipinski definition) is 7. The molecule has 28 heavy (non-hydrogen) atoms. The number of amides is 2. The van der Waals surface area contributed by atoms with Crippen LogP contribution in [0.25, 0.3) is 0 Å². The van der Waals surface area contributed by atoms with Crippen molar-refractivity contribution < 1.29 is 14.3 Å². The Kier molecular flexibility index (Phi) is 5.07. The van der Waals surface area contributed by atoms with Gasteiger partial charge in [0.1, 0.15) is 11.9 Å². The molecule has 146 valence electrons. The van der Waals surface area contributed by atoms with Crippen LogP contribution >= 0.6 is 0 Å². The van der Waals surface area contributed by atoms with E-state index < -0.39 is 0 Å². The first-order chi connectivity index (χ1) is 13.6. The topological polar surface area (TPSA) is 117 Å². The fraction of sp³-hybridized carbons (Fsp3) is 0.368. The third-order valence-electron chi connectivity index (χ3n) is 4.60. The van der Waals surface area contributed by atoms with Crippen molar-refractivity contribution in [3.8, 4) is 5.75 Å². The van der Waals surface area contributed by atoms with E-state index in [4.69, 9.17) is 4.74 Å². The van der Waals surface area contributed by atoms with E-state index in [0.29, 0.717) is 11.5 Å². The number of nitrogens with zero attached hydrogens (tertiary/aromatic N) is 2. The molecular weight excluding hydrogens is 360 g/mol. The van der Waals surface area contributed by atoms with E-state index in [9.17, 15) is 9.59 Å². The highest BCUT2D eigenvalue weighted by molar-refractivity contribution is 5.99. The Labute approximate surface area is 162 Å². The van der Waals surface area contributed by atoms with Crippen LogP contribution in [0.5, 0.6) is 5.75 Å². The average molecular weight is 382 g/mol. The smallest absolute Gasteiger partial charge is 0.273 e. The summed E-state index contributed by atoms with van der Waals surface area (Å²) in [5.41, 5.74) is 1.33. The summed E-state index contributed by atoms with van der Waals surface area (Å²) in [4.78, 5) is 24.2. The Morgan fingerprint density at radius 3 is 2.68 bits per heavy atom. The standard InChI is InChI=1S/C19H22N6O3/c1-20-19(27)17-15(8-16(24-25-17)23-18(26)11-5-6-11)22-12-3-2-4-13(7-12)28-14-9-21-10-14/h2-4,7-8,11,14,21H,5-6,9-10H2,1H3,(H,20,27)(H2,22,23,24,26). The number of ether oxygens (including phenoxy) is 1. The van der Waals surface area contributed by atoms with Gasteiger partial charge in [0.2, 0.25) is 5.91 Å². The number of carbonyl (C=O) groups is 2. The van der Waals surface area contributed by atoms with Crippen molar-refractivity contribution in [1.82, 2.24) is 20.8 Å². The largest absolute Gasteiger partial charge is 0.488 e. The molecule has 0 atom stereocenters. The van der Waals surface area contributed by atoms with Crippen LogP contribution in [-0.2, 0) is 4.79 Å². The van der Waals surface area contributed by atoms with E-state index >= 15 is 0 Å². The first-order valence-corrected chi connectivity index (χ1v) is 9.27. The number of carbonyl (C=O) groups excluding carboxylic acids is 2. The van der Waals surface area contributed by atoms with Crippen LogP contribution in [-0.4, -0.2) is 48.3 Å². The molecule has 1 aliphatic heterocycles. The molecule has 9 nitrogen and oxygen atoms in total. The monoisotopic (exact) mass is 382 g/mol. The van der Waals surface area contributed by atoms with Gasteiger partial charge in [-0.1, -0.05) is 6.07 Å². The summed E-state index contributed by atoms with van der Waals surface area (Å²) in [7, 11) is 1.53. The molecule has 2 aromatic rings. The van der Waals surface area contributed by atoms with E-state index in [1.807, 2.05) is 24.3 Å². The maximum atomic E-state index is 12.2. The van der Waals surface area contributed by atoms with Crippen molar-refractivity contribution in [1.29, 1.82) is 0 Å². The third-order valence-corrected chi connectivity index (χ3v) is 4.60. The second-order valence-corrected chi connectivity index (χ2v) is 6.89. The van der Waals surface area contributed by atoms with Gasteiger partial charge in [-0.15, -0.1) is 10.2 Å². The molecule has 0 spiro atoms. The molecule has 2 aliphatic rings. The van der Waals surface area contributed by atoms with Gasteiger partial charge in [-0.25, -0.2) is 0 Å². The molecule has 2 amide bonds. The Morgan fingerprint density at radius 1 is 1.18 bits per heavy atom. The quantitative estimate of drug-likeness (QED) is 0.570. The fourth-order valence-corrected chi connectivity index (χ4v) is 2.75. The van der Waals surface area contributed by atoms with Crippen LogP contribution in [0.3, 0.4) is 0 Å². The zero-order chi connectivity index (χ0) is 19.5. The summed E-state index contributed by atoms with van der Waals surface area (Å²) < 4.78 is 5.87. The molecule has 4 rings (SSSR count). The van der Waals surface area contributed by atoms with Gasteiger partial charge < -0.3 is 26.0 Å². The van der Waals surface area contributed by atoms with Gasteiger partial charge in [-0.05, 0) is 25.0 Å².